The number of ether oxygens (including phenoxy) is 1. The van der Waals surface area contributed by atoms with Crippen molar-refractivity contribution in [2.45, 2.75) is 18.9 Å². The van der Waals surface area contributed by atoms with Crippen molar-refractivity contribution in [3.05, 3.63) is 59.1 Å². The minimum Gasteiger partial charge on any atom is -0.497 e. The highest BCUT2D eigenvalue weighted by Gasteiger charge is 2.28. The molecule has 1 heterocycles. The van der Waals surface area contributed by atoms with Crippen molar-refractivity contribution in [3.8, 4) is 5.75 Å². The smallest absolute Gasteiger partial charge is 0.118 e. The number of methoxy groups -OCH3 is 1. The second-order valence-corrected chi connectivity index (χ2v) is 5.96. The van der Waals surface area contributed by atoms with Crippen molar-refractivity contribution in [3.63, 3.8) is 0 Å². The van der Waals surface area contributed by atoms with Crippen LogP contribution in [-0.4, -0.2) is 19.4 Å². The maximum Gasteiger partial charge on any atom is 0.118 e. The number of hydrogen-bond acceptors (Lipinski definition) is 4. The number of nitrogens with zero attached hydrogens (tertiary/aromatic N) is 2. The molecule has 0 bridgehead atoms. The molecule has 1 unspecified atom stereocenters. The fourth-order valence-electron chi connectivity index (χ4n) is 2.81. The average molecular weight is 330 g/mol. The quantitative estimate of drug-likeness (QED) is 0.901. The zero-order valence-corrected chi connectivity index (χ0v) is 13.8. The molecule has 1 atom stereocenters. The summed E-state index contributed by atoms with van der Waals surface area (Å²) in [5.74, 6) is 0.855. The van der Waals surface area contributed by atoms with Gasteiger partial charge < -0.3 is 10.5 Å². The molecule has 0 aliphatic carbocycles. The van der Waals surface area contributed by atoms with Crippen LogP contribution in [0.4, 0.5) is 5.69 Å². The fraction of sp³-hybridized carbons (Fsp3) is 0.278. The summed E-state index contributed by atoms with van der Waals surface area (Å²) < 4.78 is 5.24. The van der Waals surface area contributed by atoms with E-state index in [0.717, 1.165) is 35.0 Å². The van der Waals surface area contributed by atoms with Gasteiger partial charge in [0.25, 0.3) is 0 Å². The number of rotatable bonds is 5. The predicted molar refractivity (Wildman–Crippen MR) is 95.4 cm³/mol. The van der Waals surface area contributed by atoms with Gasteiger partial charge in [-0.3, -0.25) is 5.01 Å². The lowest BCUT2D eigenvalue weighted by molar-refractivity contribution is 0.414. The maximum absolute atomic E-state index is 6.00. The molecule has 5 heteroatoms. The summed E-state index contributed by atoms with van der Waals surface area (Å²) in [5.41, 5.74) is 9.06. The third kappa shape index (κ3) is 3.49. The first-order valence-corrected chi connectivity index (χ1v) is 8.04. The van der Waals surface area contributed by atoms with Gasteiger partial charge >= 0.3 is 0 Å². The van der Waals surface area contributed by atoms with E-state index in [1.807, 2.05) is 36.4 Å². The first-order chi connectivity index (χ1) is 11.2. The summed E-state index contributed by atoms with van der Waals surface area (Å²) in [4.78, 5) is 0. The van der Waals surface area contributed by atoms with Crippen LogP contribution >= 0.6 is 11.6 Å². The van der Waals surface area contributed by atoms with Crippen LogP contribution in [0.2, 0.25) is 5.02 Å². The molecular weight excluding hydrogens is 310 g/mol. The second kappa shape index (κ2) is 7.02. The van der Waals surface area contributed by atoms with E-state index in [1.54, 1.807) is 7.11 Å². The van der Waals surface area contributed by atoms with Crippen LogP contribution in [0, 0.1) is 0 Å². The Bertz CT molecular complexity index is 682. The SMILES string of the molecule is COc1ccc(C2CC(CCN)=NN2c2ccc(Cl)cc2)cc1. The summed E-state index contributed by atoms with van der Waals surface area (Å²) in [6.07, 6.45) is 1.70. The van der Waals surface area contributed by atoms with Gasteiger partial charge in [0.05, 0.1) is 18.8 Å². The minimum atomic E-state index is 0.170. The molecule has 2 aromatic rings. The predicted octanol–water partition coefficient (Wildman–Crippen LogP) is 4.00. The van der Waals surface area contributed by atoms with Crippen molar-refractivity contribution >= 4 is 23.0 Å². The summed E-state index contributed by atoms with van der Waals surface area (Å²) in [6, 6.07) is 16.1. The molecule has 4 nitrogen and oxygen atoms in total. The van der Waals surface area contributed by atoms with Crippen LogP contribution in [0.15, 0.2) is 53.6 Å². The monoisotopic (exact) mass is 329 g/mol. The zero-order chi connectivity index (χ0) is 16.2. The Labute approximate surface area is 141 Å². The lowest BCUT2D eigenvalue weighted by Gasteiger charge is -2.24. The van der Waals surface area contributed by atoms with Crippen LogP contribution in [0.25, 0.3) is 0 Å². The molecule has 0 amide bonds. The Kier molecular flexibility index (Phi) is 4.84. The van der Waals surface area contributed by atoms with Gasteiger partial charge in [0.1, 0.15) is 5.75 Å². The van der Waals surface area contributed by atoms with Crippen LogP contribution in [0.1, 0.15) is 24.4 Å². The maximum atomic E-state index is 6.00. The molecule has 120 valence electrons. The lowest BCUT2D eigenvalue weighted by atomic mass is 10.00. The van der Waals surface area contributed by atoms with Crippen LogP contribution in [0.5, 0.6) is 5.75 Å². The zero-order valence-electron chi connectivity index (χ0n) is 13.1. The summed E-state index contributed by atoms with van der Waals surface area (Å²) in [6.45, 7) is 0.614. The number of anilines is 1. The Morgan fingerprint density at radius 2 is 1.87 bits per heavy atom. The minimum absolute atomic E-state index is 0.170. The molecule has 0 spiro atoms. The van der Waals surface area contributed by atoms with E-state index >= 15 is 0 Å². The molecule has 1 aliphatic heterocycles. The van der Waals surface area contributed by atoms with Crippen molar-refractivity contribution in [1.29, 1.82) is 0 Å². The van der Waals surface area contributed by atoms with E-state index in [0.29, 0.717) is 6.54 Å². The standard InChI is InChI=1S/C18H20ClN3O/c1-23-17-8-2-13(3-9-17)18-12-15(10-11-20)21-22(18)16-6-4-14(19)5-7-16/h2-9,18H,10-12,20H2,1H3. The molecule has 2 aromatic carbocycles. The number of hydrazone groups is 1. The van der Waals surface area contributed by atoms with Gasteiger partial charge in [0, 0.05) is 17.2 Å². The molecule has 0 radical (unpaired) electrons. The van der Waals surface area contributed by atoms with Gasteiger partial charge in [0.2, 0.25) is 0 Å². The van der Waals surface area contributed by atoms with Gasteiger partial charge in [-0.2, -0.15) is 5.10 Å². The highest BCUT2D eigenvalue weighted by Crippen LogP contribution is 2.36. The van der Waals surface area contributed by atoms with Gasteiger partial charge in [-0.25, -0.2) is 0 Å². The van der Waals surface area contributed by atoms with E-state index < -0.39 is 0 Å². The highest BCUT2D eigenvalue weighted by molar-refractivity contribution is 6.30. The molecule has 0 aromatic heterocycles. The molecule has 23 heavy (non-hydrogen) atoms. The Morgan fingerprint density at radius 3 is 2.48 bits per heavy atom. The van der Waals surface area contributed by atoms with E-state index in [9.17, 15) is 0 Å². The van der Waals surface area contributed by atoms with Crippen molar-refractivity contribution in [1.82, 2.24) is 0 Å². The first-order valence-electron chi connectivity index (χ1n) is 7.66. The lowest BCUT2D eigenvalue weighted by Crippen LogP contribution is -2.18. The van der Waals surface area contributed by atoms with E-state index in [-0.39, 0.29) is 6.04 Å². The van der Waals surface area contributed by atoms with Crippen molar-refractivity contribution in [2.24, 2.45) is 10.8 Å². The van der Waals surface area contributed by atoms with Crippen molar-refractivity contribution in [2.75, 3.05) is 18.7 Å². The number of nitrogens with two attached hydrogens (primary N) is 1. The van der Waals surface area contributed by atoms with Crippen LogP contribution < -0.4 is 15.5 Å². The molecule has 0 saturated carbocycles. The molecule has 1 aliphatic rings. The molecule has 0 fully saturated rings. The number of hydrogen-bond donors (Lipinski definition) is 1. The average Bonchev–Trinajstić information content (AvgIpc) is 3.00. The Hall–Kier alpha value is -2.04. The molecule has 0 saturated heterocycles. The van der Waals surface area contributed by atoms with E-state index in [2.05, 4.69) is 17.1 Å². The van der Waals surface area contributed by atoms with Crippen LogP contribution in [0.3, 0.4) is 0 Å². The Morgan fingerprint density at radius 1 is 1.17 bits per heavy atom. The summed E-state index contributed by atoms with van der Waals surface area (Å²) in [5, 5.41) is 7.55. The van der Waals surface area contributed by atoms with E-state index in [1.165, 1.54) is 5.56 Å². The summed E-state index contributed by atoms with van der Waals surface area (Å²) >= 11 is 6.00. The third-order valence-corrected chi connectivity index (χ3v) is 4.25. The fourth-order valence-corrected chi connectivity index (χ4v) is 2.93. The third-order valence-electron chi connectivity index (χ3n) is 4.00. The van der Waals surface area contributed by atoms with Gasteiger partial charge in [-0.15, -0.1) is 0 Å². The summed E-state index contributed by atoms with van der Waals surface area (Å²) in [7, 11) is 1.67. The highest BCUT2D eigenvalue weighted by atomic mass is 35.5. The molecule has 3 rings (SSSR count). The van der Waals surface area contributed by atoms with Gasteiger partial charge in [-0.1, -0.05) is 23.7 Å². The normalized spacial score (nSPS) is 17.3. The number of halogens is 1. The van der Waals surface area contributed by atoms with Crippen LogP contribution in [-0.2, 0) is 0 Å². The second-order valence-electron chi connectivity index (χ2n) is 5.52. The Balaban J connectivity index is 1.91. The first kappa shape index (κ1) is 15.8. The molecular formula is C18H20ClN3O. The number of benzene rings is 2. The van der Waals surface area contributed by atoms with Gasteiger partial charge in [-0.05, 0) is 54.9 Å². The topological polar surface area (TPSA) is 50.9 Å². The largest absolute Gasteiger partial charge is 0.497 e. The van der Waals surface area contributed by atoms with Crippen molar-refractivity contribution < 1.29 is 4.74 Å². The van der Waals surface area contributed by atoms with Gasteiger partial charge in [0.15, 0.2) is 0 Å². The molecule has 2 N–H and O–H groups in total. The van der Waals surface area contributed by atoms with E-state index in [4.69, 9.17) is 27.2 Å².